The van der Waals surface area contributed by atoms with Crippen LogP contribution < -0.4 is 5.32 Å². The van der Waals surface area contributed by atoms with E-state index in [0.717, 1.165) is 19.3 Å². The van der Waals surface area contributed by atoms with E-state index in [0.29, 0.717) is 10.5 Å². The highest BCUT2D eigenvalue weighted by molar-refractivity contribution is 8.00. The maximum absolute atomic E-state index is 12.5. The third-order valence-corrected chi connectivity index (χ3v) is 5.80. The number of rotatable bonds is 7. The van der Waals surface area contributed by atoms with Crippen LogP contribution in [0.2, 0.25) is 0 Å². The fourth-order valence-electron chi connectivity index (χ4n) is 3.46. The number of amides is 2. The summed E-state index contributed by atoms with van der Waals surface area (Å²) >= 11 is 1.28. The summed E-state index contributed by atoms with van der Waals surface area (Å²) in [6, 6.07) is 7.38. The Balaban J connectivity index is 1.95. The fraction of sp³-hybridized carbons (Fsp3) is 0.571. The first-order chi connectivity index (χ1) is 13.3. The third kappa shape index (κ3) is 6.26. The van der Waals surface area contributed by atoms with Crippen molar-refractivity contribution in [1.82, 2.24) is 10.2 Å². The van der Waals surface area contributed by atoms with E-state index in [1.54, 1.807) is 18.2 Å². The van der Waals surface area contributed by atoms with Crippen LogP contribution in [-0.2, 0) is 14.3 Å². The Bertz CT molecular complexity index is 697. The van der Waals surface area contributed by atoms with Gasteiger partial charge in [0.25, 0.3) is 5.91 Å². The Morgan fingerprint density at radius 2 is 1.82 bits per heavy atom. The summed E-state index contributed by atoms with van der Waals surface area (Å²) in [5, 5.41) is 2.82. The minimum Gasteiger partial charge on any atom is -0.452 e. The highest BCUT2D eigenvalue weighted by atomic mass is 32.2. The van der Waals surface area contributed by atoms with E-state index in [-0.39, 0.29) is 42.3 Å². The largest absolute Gasteiger partial charge is 0.452 e. The highest BCUT2D eigenvalue weighted by Crippen LogP contribution is 2.24. The van der Waals surface area contributed by atoms with Crippen LogP contribution in [0.5, 0.6) is 0 Å². The molecule has 1 saturated heterocycles. The normalized spacial score (nSPS) is 19.4. The van der Waals surface area contributed by atoms with Gasteiger partial charge in [0.05, 0.1) is 11.3 Å². The van der Waals surface area contributed by atoms with Crippen molar-refractivity contribution in [2.75, 3.05) is 12.4 Å². The van der Waals surface area contributed by atoms with Gasteiger partial charge in [-0.3, -0.25) is 9.59 Å². The Morgan fingerprint density at radius 1 is 1.18 bits per heavy atom. The molecule has 154 valence electrons. The number of ether oxygens (including phenoxy) is 1. The van der Waals surface area contributed by atoms with Crippen molar-refractivity contribution >= 4 is 29.5 Å². The van der Waals surface area contributed by atoms with Gasteiger partial charge in [-0.2, -0.15) is 0 Å². The number of carbonyl (C=O) groups is 3. The van der Waals surface area contributed by atoms with Crippen molar-refractivity contribution in [2.24, 2.45) is 0 Å². The molecule has 0 spiro atoms. The standard InChI is InChI=1S/C21H30N2O4S/c1-14(2)22-19(24)13-28-18-11-6-5-10-17(18)21(26)27-12-20(25)23-15(3)8-7-9-16(23)4/h5-6,10-11,14-16H,7-9,12-13H2,1-4H3,(H,22,24). The van der Waals surface area contributed by atoms with Crippen molar-refractivity contribution < 1.29 is 19.1 Å². The molecule has 1 aromatic rings. The predicted octanol–water partition coefficient (Wildman–Crippen LogP) is 3.25. The van der Waals surface area contributed by atoms with E-state index in [9.17, 15) is 14.4 Å². The average Bonchev–Trinajstić information content (AvgIpc) is 2.64. The molecule has 2 rings (SSSR count). The number of benzene rings is 1. The fourth-order valence-corrected chi connectivity index (χ4v) is 4.31. The van der Waals surface area contributed by atoms with Crippen LogP contribution >= 0.6 is 11.8 Å². The molecule has 0 aliphatic carbocycles. The number of esters is 1. The monoisotopic (exact) mass is 406 g/mol. The average molecular weight is 407 g/mol. The Morgan fingerprint density at radius 3 is 2.46 bits per heavy atom. The summed E-state index contributed by atoms with van der Waals surface area (Å²) in [5.41, 5.74) is 0.373. The molecule has 1 aromatic carbocycles. The molecule has 0 bridgehead atoms. The maximum Gasteiger partial charge on any atom is 0.339 e. The molecular formula is C21H30N2O4S. The molecule has 2 unspecified atom stereocenters. The summed E-state index contributed by atoms with van der Waals surface area (Å²) in [5.74, 6) is -0.580. The number of carbonyl (C=O) groups excluding carboxylic acids is 3. The van der Waals surface area contributed by atoms with Gasteiger partial charge in [0.1, 0.15) is 0 Å². The van der Waals surface area contributed by atoms with Crippen molar-refractivity contribution in [3.05, 3.63) is 29.8 Å². The second-order valence-corrected chi connectivity index (χ2v) is 8.53. The third-order valence-electron chi connectivity index (χ3n) is 4.72. The van der Waals surface area contributed by atoms with Crippen LogP contribution in [0.4, 0.5) is 0 Å². The van der Waals surface area contributed by atoms with Crippen LogP contribution in [0, 0.1) is 0 Å². The smallest absolute Gasteiger partial charge is 0.339 e. The minimum absolute atomic E-state index is 0.0684. The van der Waals surface area contributed by atoms with Crippen molar-refractivity contribution in [2.45, 2.75) is 70.0 Å². The van der Waals surface area contributed by atoms with E-state index < -0.39 is 5.97 Å². The zero-order valence-corrected chi connectivity index (χ0v) is 17.9. The molecule has 6 nitrogen and oxygen atoms in total. The molecule has 28 heavy (non-hydrogen) atoms. The van der Waals surface area contributed by atoms with Crippen LogP contribution in [0.15, 0.2) is 29.2 Å². The van der Waals surface area contributed by atoms with Gasteiger partial charge in [0.15, 0.2) is 6.61 Å². The molecular weight excluding hydrogens is 376 g/mol. The van der Waals surface area contributed by atoms with Gasteiger partial charge in [0, 0.05) is 23.0 Å². The molecule has 0 aromatic heterocycles. The number of likely N-dealkylation sites (tertiary alicyclic amines) is 1. The second kappa shape index (κ2) is 10.5. The molecule has 0 saturated carbocycles. The van der Waals surface area contributed by atoms with Crippen molar-refractivity contribution in [1.29, 1.82) is 0 Å². The number of piperidine rings is 1. The first-order valence-electron chi connectivity index (χ1n) is 9.79. The molecule has 1 heterocycles. The lowest BCUT2D eigenvalue weighted by Crippen LogP contribution is -2.49. The molecule has 1 aliphatic heterocycles. The van der Waals surface area contributed by atoms with E-state index in [2.05, 4.69) is 5.32 Å². The van der Waals surface area contributed by atoms with Crippen LogP contribution in [0.25, 0.3) is 0 Å². The Kier molecular flexibility index (Phi) is 8.35. The molecule has 2 amide bonds. The van der Waals surface area contributed by atoms with E-state index in [1.165, 1.54) is 11.8 Å². The van der Waals surface area contributed by atoms with Crippen LogP contribution in [-0.4, -0.2) is 53.2 Å². The molecule has 1 fully saturated rings. The molecule has 1 N–H and O–H groups in total. The van der Waals surface area contributed by atoms with Gasteiger partial charge in [-0.25, -0.2) is 4.79 Å². The SMILES string of the molecule is CC(C)NC(=O)CSc1ccccc1C(=O)OCC(=O)N1C(C)CCCC1C. The number of thioether (sulfide) groups is 1. The topological polar surface area (TPSA) is 75.7 Å². The second-order valence-electron chi connectivity index (χ2n) is 7.51. The van der Waals surface area contributed by atoms with E-state index in [1.807, 2.05) is 38.7 Å². The van der Waals surface area contributed by atoms with Crippen LogP contribution in [0.3, 0.4) is 0 Å². The van der Waals surface area contributed by atoms with Gasteiger partial charge >= 0.3 is 5.97 Å². The predicted molar refractivity (Wildman–Crippen MR) is 110 cm³/mol. The van der Waals surface area contributed by atoms with Gasteiger partial charge in [-0.15, -0.1) is 11.8 Å². The van der Waals surface area contributed by atoms with E-state index in [4.69, 9.17) is 4.74 Å². The Hall–Kier alpha value is -2.02. The van der Waals surface area contributed by atoms with Gasteiger partial charge in [-0.1, -0.05) is 12.1 Å². The summed E-state index contributed by atoms with van der Waals surface area (Å²) in [4.78, 5) is 39.4. The number of nitrogens with zero attached hydrogens (tertiary/aromatic N) is 1. The minimum atomic E-state index is -0.543. The number of hydrogen-bond donors (Lipinski definition) is 1. The summed E-state index contributed by atoms with van der Waals surface area (Å²) < 4.78 is 5.31. The number of hydrogen-bond acceptors (Lipinski definition) is 5. The first-order valence-corrected chi connectivity index (χ1v) is 10.8. The zero-order chi connectivity index (χ0) is 20.7. The van der Waals surface area contributed by atoms with Gasteiger partial charge in [0.2, 0.25) is 5.91 Å². The zero-order valence-electron chi connectivity index (χ0n) is 17.1. The van der Waals surface area contributed by atoms with Crippen molar-refractivity contribution in [3.8, 4) is 0 Å². The van der Waals surface area contributed by atoms with Crippen LogP contribution in [0.1, 0.15) is 57.3 Å². The van der Waals surface area contributed by atoms with Crippen molar-refractivity contribution in [3.63, 3.8) is 0 Å². The van der Waals surface area contributed by atoms with Gasteiger partial charge < -0.3 is 15.0 Å². The van der Waals surface area contributed by atoms with Gasteiger partial charge in [-0.05, 0) is 59.1 Å². The lowest BCUT2D eigenvalue weighted by atomic mass is 9.97. The maximum atomic E-state index is 12.5. The summed E-state index contributed by atoms with van der Waals surface area (Å²) in [6.45, 7) is 7.59. The number of nitrogens with one attached hydrogen (secondary N) is 1. The molecule has 2 atom stereocenters. The summed E-state index contributed by atoms with van der Waals surface area (Å²) in [6.07, 6.45) is 3.06. The Labute approximate surface area is 171 Å². The molecule has 1 aliphatic rings. The van der Waals surface area contributed by atoms with E-state index >= 15 is 0 Å². The molecule has 7 heteroatoms. The lowest BCUT2D eigenvalue weighted by molar-refractivity contribution is -0.140. The highest BCUT2D eigenvalue weighted by Gasteiger charge is 2.29. The summed E-state index contributed by atoms with van der Waals surface area (Å²) in [7, 11) is 0. The quantitative estimate of drug-likeness (QED) is 0.556. The first kappa shape index (κ1) is 22.3. The molecule has 0 radical (unpaired) electrons. The lowest BCUT2D eigenvalue weighted by Gasteiger charge is -2.38.